The molecule has 154 valence electrons. The molecule has 3 heterocycles. The van der Waals surface area contributed by atoms with Crippen molar-refractivity contribution in [3.8, 4) is 0 Å². The summed E-state index contributed by atoms with van der Waals surface area (Å²) in [5, 5.41) is 8.30. The average Bonchev–Trinajstić information content (AvgIpc) is 3.26. The summed E-state index contributed by atoms with van der Waals surface area (Å²) >= 11 is 7.66. The highest BCUT2D eigenvalue weighted by Gasteiger charge is 2.36. The first-order valence-corrected chi connectivity index (χ1v) is 11.0. The lowest BCUT2D eigenvalue weighted by molar-refractivity contribution is 0.0521. The number of carbonyl (C=O) groups is 1. The van der Waals surface area contributed by atoms with Gasteiger partial charge in [0.2, 0.25) is 0 Å². The second-order valence-electron chi connectivity index (χ2n) is 8.60. The predicted molar refractivity (Wildman–Crippen MR) is 115 cm³/mol. The Bertz CT molecular complexity index is 821. The Morgan fingerprint density at radius 2 is 2.21 bits per heavy atom. The summed E-state index contributed by atoms with van der Waals surface area (Å²) in [6.45, 7) is 8.35. The molecule has 1 N–H and O–H groups in total. The number of aryl methyl sites for hydroxylation is 2. The smallest absolute Gasteiger partial charge is 0.255 e. The van der Waals surface area contributed by atoms with Gasteiger partial charge in [-0.3, -0.25) is 4.79 Å². The number of ether oxygens (including phenoxy) is 1. The second-order valence-corrected chi connectivity index (χ2v) is 10.4. The van der Waals surface area contributed by atoms with Crippen LogP contribution in [0.15, 0.2) is 18.2 Å². The van der Waals surface area contributed by atoms with Crippen molar-refractivity contribution >= 4 is 28.8 Å². The van der Waals surface area contributed by atoms with Gasteiger partial charge in [-0.2, -0.15) is 5.10 Å². The van der Waals surface area contributed by atoms with E-state index in [1.165, 1.54) is 4.88 Å². The molecular weight excluding hydrogens is 394 g/mol. The van der Waals surface area contributed by atoms with E-state index in [0.29, 0.717) is 6.61 Å². The van der Waals surface area contributed by atoms with Crippen molar-refractivity contribution in [1.29, 1.82) is 0 Å². The molecule has 3 rings (SSSR count). The van der Waals surface area contributed by atoms with Gasteiger partial charge in [0.1, 0.15) is 0 Å². The van der Waals surface area contributed by atoms with E-state index in [9.17, 15) is 4.79 Å². The monoisotopic (exact) mass is 423 g/mol. The Hall–Kier alpha value is -1.21. The maximum atomic E-state index is 13.3. The van der Waals surface area contributed by atoms with E-state index in [0.717, 1.165) is 54.5 Å². The van der Waals surface area contributed by atoms with E-state index in [4.69, 9.17) is 21.4 Å². The van der Waals surface area contributed by atoms with Gasteiger partial charge < -0.3 is 10.1 Å². The summed E-state index contributed by atoms with van der Waals surface area (Å²) in [6, 6.07) is 6.10. The SMILES string of the molecule is COCC(C)(C)C(=O)n1nc(C2(C)CCCNC2)cc1CCc1ccc(Cl)s1. The van der Waals surface area contributed by atoms with Crippen molar-refractivity contribution in [2.24, 2.45) is 5.41 Å². The second kappa shape index (κ2) is 8.66. The summed E-state index contributed by atoms with van der Waals surface area (Å²) < 4.78 is 7.70. The molecule has 1 atom stereocenters. The molecule has 28 heavy (non-hydrogen) atoms. The Kier molecular flexibility index (Phi) is 6.65. The van der Waals surface area contributed by atoms with Gasteiger partial charge in [0.15, 0.2) is 0 Å². The minimum atomic E-state index is -0.634. The fourth-order valence-electron chi connectivity index (χ4n) is 3.79. The van der Waals surface area contributed by atoms with Gasteiger partial charge in [0.25, 0.3) is 5.91 Å². The number of piperidine rings is 1. The Labute approximate surface area is 176 Å². The number of thiophene rings is 1. The summed E-state index contributed by atoms with van der Waals surface area (Å²) in [5.41, 5.74) is 1.28. The lowest BCUT2D eigenvalue weighted by Crippen LogP contribution is -2.41. The van der Waals surface area contributed by atoms with Gasteiger partial charge in [-0.25, -0.2) is 4.68 Å². The van der Waals surface area contributed by atoms with Crippen LogP contribution < -0.4 is 5.32 Å². The number of nitrogens with one attached hydrogen (secondary N) is 1. The normalized spacial score (nSPS) is 20.5. The molecule has 7 heteroatoms. The molecule has 1 saturated heterocycles. The summed E-state index contributed by atoms with van der Waals surface area (Å²) in [7, 11) is 1.62. The highest BCUT2D eigenvalue weighted by molar-refractivity contribution is 7.16. The molecule has 2 aromatic rings. The topological polar surface area (TPSA) is 56.2 Å². The number of methoxy groups -OCH3 is 1. The fraction of sp³-hybridized carbons (Fsp3) is 0.619. The average molecular weight is 424 g/mol. The van der Waals surface area contributed by atoms with Crippen molar-refractivity contribution < 1.29 is 9.53 Å². The molecule has 1 fully saturated rings. The number of halogens is 1. The highest BCUT2D eigenvalue weighted by atomic mass is 35.5. The number of hydrogen-bond acceptors (Lipinski definition) is 5. The molecule has 0 saturated carbocycles. The molecule has 5 nitrogen and oxygen atoms in total. The van der Waals surface area contributed by atoms with E-state index < -0.39 is 5.41 Å². The van der Waals surface area contributed by atoms with Crippen molar-refractivity contribution in [2.75, 3.05) is 26.8 Å². The van der Waals surface area contributed by atoms with Crippen LogP contribution in [-0.2, 0) is 23.0 Å². The van der Waals surface area contributed by atoms with Gasteiger partial charge in [-0.05, 0) is 64.3 Å². The zero-order valence-corrected chi connectivity index (χ0v) is 18.8. The summed E-state index contributed by atoms with van der Waals surface area (Å²) in [5.74, 6) is -0.0211. The lowest BCUT2D eigenvalue weighted by Gasteiger charge is -2.32. The van der Waals surface area contributed by atoms with Gasteiger partial charge >= 0.3 is 0 Å². The molecular formula is C21H30ClN3O2S. The number of rotatable bonds is 7. The first-order valence-electron chi connectivity index (χ1n) is 9.83. The van der Waals surface area contributed by atoms with Gasteiger partial charge in [0.05, 0.1) is 22.1 Å². The van der Waals surface area contributed by atoms with E-state index in [1.807, 2.05) is 19.9 Å². The van der Waals surface area contributed by atoms with Crippen molar-refractivity contribution in [3.05, 3.63) is 38.8 Å². The van der Waals surface area contributed by atoms with Crippen LogP contribution in [-0.4, -0.2) is 42.5 Å². The molecule has 0 aliphatic carbocycles. The molecule has 2 aromatic heterocycles. The minimum Gasteiger partial charge on any atom is -0.384 e. The van der Waals surface area contributed by atoms with Crippen molar-refractivity contribution in [1.82, 2.24) is 15.1 Å². The quantitative estimate of drug-likeness (QED) is 0.719. The molecule has 1 aliphatic heterocycles. The zero-order valence-electron chi connectivity index (χ0n) is 17.2. The van der Waals surface area contributed by atoms with Crippen LogP contribution in [0, 0.1) is 5.41 Å². The number of carbonyl (C=O) groups excluding carboxylic acids is 1. The first-order chi connectivity index (χ1) is 13.2. The predicted octanol–water partition coefficient (Wildman–Crippen LogP) is 4.34. The highest BCUT2D eigenvalue weighted by Crippen LogP contribution is 2.32. The van der Waals surface area contributed by atoms with Crippen LogP contribution in [0.4, 0.5) is 0 Å². The van der Waals surface area contributed by atoms with E-state index in [1.54, 1.807) is 23.1 Å². The molecule has 0 radical (unpaired) electrons. The maximum Gasteiger partial charge on any atom is 0.255 e. The Morgan fingerprint density at radius 1 is 1.43 bits per heavy atom. The maximum absolute atomic E-state index is 13.3. The largest absolute Gasteiger partial charge is 0.384 e. The summed E-state index contributed by atoms with van der Waals surface area (Å²) in [4.78, 5) is 14.5. The lowest BCUT2D eigenvalue weighted by atomic mass is 9.80. The number of hydrogen-bond donors (Lipinski definition) is 1. The number of nitrogens with zero attached hydrogens (tertiary/aromatic N) is 2. The Balaban J connectivity index is 1.91. The number of aromatic nitrogens is 2. The molecule has 1 aliphatic rings. The zero-order chi connectivity index (χ0) is 20.4. The minimum absolute atomic E-state index is 0.0211. The van der Waals surface area contributed by atoms with Crippen LogP contribution in [0.1, 0.15) is 54.7 Å². The van der Waals surface area contributed by atoms with Gasteiger partial charge in [-0.1, -0.05) is 18.5 Å². The van der Waals surface area contributed by atoms with E-state index >= 15 is 0 Å². The molecule has 0 bridgehead atoms. The van der Waals surface area contributed by atoms with Crippen LogP contribution in [0.5, 0.6) is 0 Å². The summed E-state index contributed by atoms with van der Waals surface area (Å²) in [6.07, 6.45) is 3.79. The van der Waals surface area contributed by atoms with Crippen LogP contribution >= 0.6 is 22.9 Å². The van der Waals surface area contributed by atoms with Crippen LogP contribution in [0.3, 0.4) is 0 Å². The standard InChI is InChI=1S/C21H30ClN3O2S/c1-20(2,14-27-4)19(26)25-15(6-7-16-8-9-18(22)28-16)12-17(24-25)21(3)10-5-11-23-13-21/h8-9,12,23H,5-7,10-11,13-14H2,1-4H3. The van der Waals surface area contributed by atoms with Crippen LogP contribution in [0.25, 0.3) is 0 Å². The third-order valence-electron chi connectivity index (χ3n) is 5.53. The molecule has 0 amide bonds. The van der Waals surface area contributed by atoms with Crippen molar-refractivity contribution in [3.63, 3.8) is 0 Å². The molecule has 0 aromatic carbocycles. The first kappa shape index (κ1) is 21.5. The molecule has 0 spiro atoms. The van der Waals surface area contributed by atoms with Gasteiger partial charge in [-0.15, -0.1) is 11.3 Å². The Morgan fingerprint density at radius 3 is 2.82 bits per heavy atom. The van der Waals surface area contributed by atoms with E-state index in [2.05, 4.69) is 24.4 Å². The molecule has 1 unspecified atom stereocenters. The van der Waals surface area contributed by atoms with Crippen LogP contribution in [0.2, 0.25) is 4.34 Å². The van der Waals surface area contributed by atoms with Gasteiger partial charge in [0, 0.05) is 29.6 Å². The third-order valence-corrected chi connectivity index (χ3v) is 6.82. The van der Waals surface area contributed by atoms with Crippen molar-refractivity contribution in [2.45, 2.75) is 51.9 Å². The third kappa shape index (κ3) is 4.67. The fourth-order valence-corrected chi connectivity index (χ4v) is 4.88. The van der Waals surface area contributed by atoms with E-state index in [-0.39, 0.29) is 11.3 Å².